The van der Waals surface area contributed by atoms with Crippen molar-refractivity contribution in [2.24, 2.45) is 5.92 Å². The monoisotopic (exact) mass is 535 g/mol. The second kappa shape index (κ2) is 12.3. The lowest BCUT2D eigenvalue weighted by molar-refractivity contribution is -0.192. The van der Waals surface area contributed by atoms with Gasteiger partial charge >= 0.3 is 18.0 Å². The van der Waals surface area contributed by atoms with Crippen LogP contribution in [0.4, 0.5) is 4.79 Å². The molecule has 2 aromatic rings. The van der Waals surface area contributed by atoms with E-state index >= 15 is 0 Å². The third-order valence-electron chi connectivity index (χ3n) is 6.45. The molecular weight excluding hydrogens is 498 g/mol. The number of nitrogens with zero attached hydrogens (tertiary/aromatic N) is 3. The number of likely N-dealkylation sites (tertiary alicyclic amines) is 1. The maximum Gasteiger partial charge on any atom is 0.410 e. The first-order valence-electron chi connectivity index (χ1n) is 12.9. The van der Waals surface area contributed by atoms with Crippen LogP contribution in [0.25, 0.3) is 0 Å². The number of amides is 1. The topological polar surface area (TPSA) is 109 Å². The molecule has 3 rings (SSSR count). The summed E-state index contributed by atoms with van der Waals surface area (Å²) in [7, 11) is 3.80. The van der Waals surface area contributed by atoms with Gasteiger partial charge in [0.2, 0.25) is 6.10 Å². The molecule has 0 saturated carbocycles. The van der Waals surface area contributed by atoms with Gasteiger partial charge in [0.1, 0.15) is 11.2 Å². The summed E-state index contributed by atoms with van der Waals surface area (Å²) in [4.78, 5) is 42.4. The zero-order valence-corrected chi connectivity index (χ0v) is 23.5. The van der Waals surface area contributed by atoms with Gasteiger partial charge in [-0.25, -0.2) is 9.59 Å². The lowest BCUT2D eigenvalue weighted by Gasteiger charge is -2.48. The summed E-state index contributed by atoms with van der Waals surface area (Å²) in [5.41, 5.74) is -0.335. The van der Waals surface area contributed by atoms with E-state index in [0.29, 0.717) is 23.2 Å². The Hall–Kier alpha value is -3.90. The Bertz CT molecular complexity index is 1220. The summed E-state index contributed by atoms with van der Waals surface area (Å²) >= 11 is 0. The molecule has 1 saturated heterocycles. The number of hydrogen-bond donors (Lipinski definition) is 0. The molecule has 0 N–H and O–H groups in total. The van der Waals surface area contributed by atoms with Crippen LogP contribution in [0.5, 0.6) is 0 Å². The maximum absolute atomic E-state index is 13.8. The van der Waals surface area contributed by atoms with Crippen molar-refractivity contribution in [3.63, 3.8) is 0 Å². The minimum absolute atomic E-state index is 0.251. The van der Waals surface area contributed by atoms with Gasteiger partial charge in [-0.2, -0.15) is 5.26 Å². The molecule has 0 aliphatic carbocycles. The van der Waals surface area contributed by atoms with Crippen molar-refractivity contribution < 1.29 is 28.6 Å². The van der Waals surface area contributed by atoms with Gasteiger partial charge in [-0.3, -0.25) is 4.79 Å². The van der Waals surface area contributed by atoms with Crippen molar-refractivity contribution in [1.29, 1.82) is 5.26 Å². The highest BCUT2D eigenvalue weighted by atomic mass is 16.6. The van der Waals surface area contributed by atoms with Gasteiger partial charge < -0.3 is 24.0 Å². The summed E-state index contributed by atoms with van der Waals surface area (Å²) < 4.78 is 17.5. The Morgan fingerprint density at radius 3 is 2.41 bits per heavy atom. The molecule has 1 fully saturated rings. The Kier molecular flexibility index (Phi) is 9.36. The van der Waals surface area contributed by atoms with Gasteiger partial charge in [0.15, 0.2) is 0 Å². The minimum Gasteiger partial charge on any atom is -0.451 e. The quantitative estimate of drug-likeness (QED) is 0.379. The standard InChI is InChI=1S/C30H37N3O6/c1-21(34)37-26(23-12-8-7-9-13-23)27(35)38-30(24-14-10-11-22(17-24)18-31)15-16-33(20-25(30)19-32(5)6)28(36)39-29(2,3)4/h7-14,17,25-26H,15-16,19-20H2,1-6H3/t25-,26-,30-/m1/s1. The molecule has 9 heteroatoms. The second-order valence-electron chi connectivity index (χ2n) is 11.0. The van der Waals surface area contributed by atoms with Gasteiger partial charge in [-0.1, -0.05) is 42.5 Å². The Labute approximate surface area is 230 Å². The van der Waals surface area contributed by atoms with E-state index in [2.05, 4.69) is 6.07 Å². The van der Waals surface area contributed by atoms with Crippen LogP contribution in [-0.2, 0) is 29.4 Å². The van der Waals surface area contributed by atoms with E-state index < -0.39 is 35.3 Å². The summed E-state index contributed by atoms with van der Waals surface area (Å²) in [5.74, 6) is -1.74. The molecule has 0 aromatic heterocycles. The normalized spacial score (nSPS) is 20.1. The van der Waals surface area contributed by atoms with E-state index in [1.165, 1.54) is 6.92 Å². The first kappa shape index (κ1) is 29.7. The third kappa shape index (κ3) is 7.58. The molecule has 9 nitrogen and oxygen atoms in total. The molecule has 1 amide bonds. The minimum atomic E-state index is -1.27. The lowest BCUT2D eigenvalue weighted by Crippen LogP contribution is -2.57. The van der Waals surface area contributed by atoms with Crippen LogP contribution < -0.4 is 0 Å². The Balaban J connectivity index is 2.08. The first-order chi connectivity index (χ1) is 18.3. The van der Waals surface area contributed by atoms with E-state index in [1.54, 1.807) is 53.4 Å². The van der Waals surface area contributed by atoms with Gasteiger partial charge in [0.05, 0.1) is 11.6 Å². The molecule has 0 radical (unpaired) electrons. The molecule has 0 spiro atoms. The smallest absolute Gasteiger partial charge is 0.410 e. The SMILES string of the molecule is CC(=O)O[C@@H](C(=O)O[C@@]1(c2cccc(C#N)c2)CCN(C(=O)OC(C)(C)C)C[C@H]1CN(C)C)c1ccccc1. The highest BCUT2D eigenvalue weighted by molar-refractivity contribution is 5.80. The van der Waals surface area contributed by atoms with Crippen LogP contribution in [0.15, 0.2) is 54.6 Å². The van der Waals surface area contributed by atoms with E-state index in [1.807, 2.05) is 45.8 Å². The number of benzene rings is 2. The number of esters is 2. The number of hydrogen-bond acceptors (Lipinski definition) is 8. The Morgan fingerprint density at radius 1 is 1.13 bits per heavy atom. The summed E-state index contributed by atoms with van der Waals surface area (Å²) in [6.45, 7) is 7.64. The number of carbonyl (C=O) groups excluding carboxylic acids is 3. The van der Waals surface area contributed by atoms with Crippen LogP contribution in [0, 0.1) is 17.2 Å². The molecule has 3 atom stereocenters. The van der Waals surface area contributed by atoms with E-state index in [9.17, 15) is 19.6 Å². The zero-order valence-electron chi connectivity index (χ0n) is 23.5. The predicted octanol–water partition coefficient (Wildman–Crippen LogP) is 4.42. The average Bonchev–Trinajstić information content (AvgIpc) is 2.87. The van der Waals surface area contributed by atoms with E-state index in [-0.39, 0.29) is 25.4 Å². The van der Waals surface area contributed by atoms with Crippen LogP contribution in [0.1, 0.15) is 56.9 Å². The first-order valence-corrected chi connectivity index (χ1v) is 12.9. The van der Waals surface area contributed by atoms with Crippen molar-refractivity contribution in [2.75, 3.05) is 33.7 Å². The van der Waals surface area contributed by atoms with Gasteiger partial charge in [-0.05, 0) is 52.6 Å². The number of carbonyl (C=O) groups is 3. The average molecular weight is 536 g/mol. The highest BCUT2D eigenvalue weighted by Crippen LogP contribution is 2.43. The van der Waals surface area contributed by atoms with Crippen molar-refractivity contribution >= 4 is 18.0 Å². The molecule has 0 bridgehead atoms. The van der Waals surface area contributed by atoms with Gasteiger partial charge in [0.25, 0.3) is 0 Å². The molecule has 1 aliphatic heterocycles. The highest BCUT2D eigenvalue weighted by Gasteiger charge is 2.50. The fourth-order valence-corrected chi connectivity index (χ4v) is 4.85. The van der Waals surface area contributed by atoms with Crippen molar-refractivity contribution in [3.05, 3.63) is 71.3 Å². The van der Waals surface area contributed by atoms with E-state index in [0.717, 1.165) is 0 Å². The van der Waals surface area contributed by atoms with Crippen LogP contribution >= 0.6 is 0 Å². The molecular formula is C30H37N3O6. The molecule has 1 aliphatic rings. The van der Waals surface area contributed by atoms with Crippen molar-refractivity contribution in [2.45, 2.75) is 51.4 Å². The molecule has 1 heterocycles. The van der Waals surface area contributed by atoms with Crippen LogP contribution in [0.3, 0.4) is 0 Å². The van der Waals surface area contributed by atoms with Gasteiger partial charge in [0, 0.05) is 44.5 Å². The summed E-state index contributed by atoms with van der Waals surface area (Å²) in [5, 5.41) is 9.60. The predicted molar refractivity (Wildman–Crippen MR) is 144 cm³/mol. The lowest BCUT2D eigenvalue weighted by atomic mass is 9.75. The summed E-state index contributed by atoms with van der Waals surface area (Å²) in [6, 6.07) is 17.8. The van der Waals surface area contributed by atoms with Crippen molar-refractivity contribution in [1.82, 2.24) is 9.80 Å². The maximum atomic E-state index is 13.8. The fourth-order valence-electron chi connectivity index (χ4n) is 4.85. The van der Waals surface area contributed by atoms with Gasteiger partial charge in [-0.15, -0.1) is 0 Å². The van der Waals surface area contributed by atoms with Crippen LogP contribution in [0.2, 0.25) is 0 Å². The molecule has 0 unspecified atom stereocenters. The fraction of sp³-hybridized carbons (Fsp3) is 0.467. The third-order valence-corrected chi connectivity index (χ3v) is 6.45. The zero-order chi connectivity index (χ0) is 28.8. The largest absolute Gasteiger partial charge is 0.451 e. The molecule has 2 aromatic carbocycles. The molecule has 208 valence electrons. The molecule has 39 heavy (non-hydrogen) atoms. The number of rotatable bonds is 7. The van der Waals surface area contributed by atoms with E-state index in [4.69, 9.17) is 14.2 Å². The number of piperidine rings is 1. The summed E-state index contributed by atoms with van der Waals surface area (Å²) in [6.07, 6.45) is -1.46. The van der Waals surface area contributed by atoms with Crippen molar-refractivity contribution in [3.8, 4) is 6.07 Å². The number of ether oxygens (including phenoxy) is 3. The number of nitriles is 1. The second-order valence-corrected chi connectivity index (χ2v) is 11.0. The Morgan fingerprint density at radius 2 is 1.82 bits per heavy atom. The van der Waals surface area contributed by atoms with Crippen LogP contribution in [-0.4, -0.2) is 67.2 Å².